The van der Waals surface area contributed by atoms with Crippen molar-refractivity contribution >= 4 is 23.5 Å². The zero-order valence-electron chi connectivity index (χ0n) is 17.9. The number of carbonyl (C=O) groups is 1. The van der Waals surface area contributed by atoms with E-state index in [0.29, 0.717) is 15.8 Å². The molecule has 3 rings (SSSR count). The van der Waals surface area contributed by atoms with Gasteiger partial charge in [-0.3, -0.25) is 9.48 Å². The molecule has 0 amide bonds. The summed E-state index contributed by atoms with van der Waals surface area (Å²) in [6.07, 6.45) is -3.63. The number of hydrogen-bond acceptors (Lipinski definition) is 4. The molecule has 0 saturated carbocycles. The zero-order valence-corrected chi connectivity index (χ0v) is 18.7. The van der Waals surface area contributed by atoms with E-state index in [0.717, 1.165) is 0 Å². The molecule has 0 saturated heterocycles. The van der Waals surface area contributed by atoms with Crippen molar-refractivity contribution in [3.05, 3.63) is 81.6 Å². The Morgan fingerprint density at radius 2 is 1.74 bits per heavy atom. The van der Waals surface area contributed by atoms with E-state index in [4.69, 9.17) is 16.3 Å². The minimum atomic E-state index is -3.15. The van der Waals surface area contributed by atoms with E-state index in [1.54, 1.807) is 6.07 Å². The highest BCUT2D eigenvalue weighted by Crippen LogP contribution is 2.35. The van der Waals surface area contributed by atoms with Gasteiger partial charge in [-0.25, -0.2) is 17.6 Å². The maximum absolute atomic E-state index is 13.5. The lowest BCUT2D eigenvalue weighted by Gasteiger charge is -2.12. The van der Waals surface area contributed by atoms with E-state index in [1.807, 2.05) is 0 Å². The number of benzene rings is 2. The molecule has 0 bridgehead atoms. The Morgan fingerprint density at radius 3 is 2.31 bits per heavy atom. The van der Waals surface area contributed by atoms with E-state index >= 15 is 0 Å². The highest BCUT2D eigenvalue weighted by molar-refractivity contribution is 6.32. The average Bonchev–Trinajstić information content (AvgIpc) is 3.13. The lowest BCUT2D eigenvalue weighted by molar-refractivity contribution is -0.0498. The lowest BCUT2D eigenvalue weighted by Crippen LogP contribution is -2.08. The molecule has 0 aliphatic carbocycles. The summed E-state index contributed by atoms with van der Waals surface area (Å²) in [5, 5.41) is 2.73. The smallest absolute Gasteiger partial charge is 0.387 e. The Kier molecular flexibility index (Phi) is 8.44. The van der Waals surface area contributed by atoms with Crippen molar-refractivity contribution in [2.45, 2.75) is 26.0 Å². The Balaban J connectivity index is 1.85. The van der Waals surface area contributed by atoms with Crippen molar-refractivity contribution in [2.75, 3.05) is 7.11 Å². The number of ketones is 1. The highest BCUT2D eigenvalue weighted by atomic mass is 35.5. The fourth-order valence-electron chi connectivity index (χ4n) is 3.20. The Labute approximate surface area is 200 Å². The van der Waals surface area contributed by atoms with Crippen molar-refractivity contribution < 1.29 is 40.6 Å². The minimum absolute atomic E-state index is 0.0998. The summed E-state index contributed by atoms with van der Waals surface area (Å²) in [5.41, 5.74) is -0.800. The summed E-state index contributed by atoms with van der Waals surface area (Å²) in [6.45, 7) is -3.34. The van der Waals surface area contributed by atoms with Crippen LogP contribution in [0.2, 0.25) is 5.02 Å². The van der Waals surface area contributed by atoms with Crippen LogP contribution in [0, 0.1) is 0 Å². The number of ether oxygens (including phenoxy) is 2. The SMILES string of the molecule is COc1ccc(/C=C/C(=O)c2ccc(OC(F)F)cc2)cc1Cn1nc(C(F)F)c(Cl)c1C(F)F. The normalized spacial score (nSPS) is 11.7. The number of methoxy groups -OCH3 is 1. The van der Waals surface area contributed by atoms with Gasteiger partial charge in [-0.15, -0.1) is 0 Å². The number of nitrogens with zero attached hydrogens (tertiary/aromatic N) is 2. The van der Waals surface area contributed by atoms with Crippen molar-refractivity contribution in [3.63, 3.8) is 0 Å². The number of rotatable bonds is 10. The van der Waals surface area contributed by atoms with Crippen LogP contribution in [-0.4, -0.2) is 29.3 Å². The molecule has 0 atom stereocenters. The number of halogens is 7. The predicted molar refractivity (Wildman–Crippen MR) is 116 cm³/mol. The molecular weight excluding hydrogens is 502 g/mol. The van der Waals surface area contributed by atoms with Crippen LogP contribution in [0.1, 0.15) is 45.7 Å². The second kappa shape index (κ2) is 11.3. The fraction of sp³-hybridized carbons (Fsp3) is 0.217. The molecule has 0 N–H and O–H groups in total. The molecule has 12 heteroatoms. The molecule has 3 aromatic rings. The molecule has 35 heavy (non-hydrogen) atoms. The third-order valence-corrected chi connectivity index (χ3v) is 5.17. The monoisotopic (exact) mass is 518 g/mol. The van der Waals surface area contributed by atoms with Gasteiger partial charge in [0.1, 0.15) is 22.9 Å². The average molecular weight is 519 g/mol. The van der Waals surface area contributed by atoms with Crippen LogP contribution in [-0.2, 0) is 6.54 Å². The number of aromatic nitrogens is 2. The molecule has 5 nitrogen and oxygen atoms in total. The van der Waals surface area contributed by atoms with Crippen molar-refractivity contribution in [1.82, 2.24) is 9.78 Å². The summed E-state index contributed by atoms with van der Waals surface area (Å²) in [4.78, 5) is 12.4. The second-order valence-electron chi connectivity index (χ2n) is 7.02. The molecule has 0 spiro atoms. The van der Waals surface area contributed by atoms with Gasteiger partial charge in [0.2, 0.25) is 0 Å². The third kappa shape index (κ3) is 6.36. The summed E-state index contributed by atoms with van der Waals surface area (Å²) >= 11 is 5.70. The van der Waals surface area contributed by atoms with Crippen LogP contribution >= 0.6 is 11.6 Å². The van der Waals surface area contributed by atoms with Crippen LogP contribution in [0.15, 0.2) is 48.5 Å². The van der Waals surface area contributed by atoms with Gasteiger partial charge in [0, 0.05) is 11.1 Å². The van der Waals surface area contributed by atoms with Crippen LogP contribution < -0.4 is 9.47 Å². The molecule has 1 heterocycles. The van der Waals surface area contributed by atoms with Gasteiger partial charge in [0.25, 0.3) is 12.9 Å². The first kappa shape index (κ1) is 26.1. The molecule has 1 aromatic heterocycles. The zero-order chi connectivity index (χ0) is 25.7. The Morgan fingerprint density at radius 1 is 1.06 bits per heavy atom. The standard InChI is InChI=1S/C23H17ClF6N2O3/c1-34-17-9-3-12(2-8-16(33)13-4-6-15(7-5-13)35-23(29)30)10-14(17)11-32-20(22(27)28)18(24)19(31-32)21(25)26/h2-10,21-23H,11H2,1H3/b8-2+. The molecule has 2 aromatic carbocycles. The van der Waals surface area contributed by atoms with Crippen LogP contribution in [0.25, 0.3) is 6.08 Å². The summed E-state index contributed by atoms with van der Waals surface area (Å²) in [7, 11) is 1.34. The Hall–Kier alpha value is -3.47. The van der Waals surface area contributed by atoms with Gasteiger partial charge < -0.3 is 9.47 Å². The van der Waals surface area contributed by atoms with Gasteiger partial charge in [0.05, 0.1) is 18.7 Å². The summed E-state index contributed by atoms with van der Waals surface area (Å²) in [6, 6.07) is 9.69. The second-order valence-corrected chi connectivity index (χ2v) is 7.39. The first-order valence-corrected chi connectivity index (χ1v) is 10.2. The first-order valence-electron chi connectivity index (χ1n) is 9.87. The topological polar surface area (TPSA) is 53.4 Å². The van der Waals surface area contributed by atoms with Crippen LogP contribution in [0.3, 0.4) is 0 Å². The molecule has 0 unspecified atom stereocenters. The third-order valence-electron chi connectivity index (χ3n) is 4.79. The predicted octanol–water partition coefficient (Wildman–Crippen LogP) is 6.97. The lowest BCUT2D eigenvalue weighted by atomic mass is 10.1. The van der Waals surface area contributed by atoms with E-state index in [1.165, 1.54) is 55.7 Å². The van der Waals surface area contributed by atoms with E-state index < -0.39 is 41.7 Å². The molecule has 0 fully saturated rings. The van der Waals surface area contributed by atoms with Crippen molar-refractivity contribution in [2.24, 2.45) is 0 Å². The highest BCUT2D eigenvalue weighted by Gasteiger charge is 2.28. The van der Waals surface area contributed by atoms with Gasteiger partial charge in [-0.2, -0.15) is 13.9 Å². The molecule has 0 aliphatic rings. The summed E-state index contributed by atoms with van der Waals surface area (Å²) < 4.78 is 87.8. The summed E-state index contributed by atoms with van der Waals surface area (Å²) in [5.74, 6) is -0.267. The first-order chi connectivity index (χ1) is 16.6. The van der Waals surface area contributed by atoms with Crippen LogP contribution in [0.5, 0.6) is 11.5 Å². The number of allylic oxidation sites excluding steroid dienone is 1. The maximum Gasteiger partial charge on any atom is 0.387 e. The van der Waals surface area contributed by atoms with Gasteiger partial charge in [-0.05, 0) is 48.0 Å². The number of alkyl halides is 6. The largest absolute Gasteiger partial charge is 0.496 e. The molecule has 186 valence electrons. The van der Waals surface area contributed by atoms with Gasteiger partial charge in [0.15, 0.2) is 5.78 Å². The van der Waals surface area contributed by atoms with Gasteiger partial charge >= 0.3 is 6.61 Å². The van der Waals surface area contributed by atoms with Crippen molar-refractivity contribution in [3.8, 4) is 11.5 Å². The Bertz CT molecular complexity index is 1210. The fourth-order valence-corrected chi connectivity index (χ4v) is 3.50. The van der Waals surface area contributed by atoms with E-state index in [2.05, 4.69) is 9.84 Å². The van der Waals surface area contributed by atoms with E-state index in [9.17, 15) is 31.1 Å². The van der Waals surface area contributed by atoms with Crippen LogP contribution in [0.4, 0.5) is 26.3 Å². The number of hydrogen-bond donors (Lipinski definition) is 0. The molecular formula is C23H17ClF6N2O3. The molecule has 0 aliphatic heterocycles. The van der Waals surface area contributed by atoms with Crippen molar-refractivity contribution in [1.29, 1.82) is 0 Å². The molecule has 0 radical (unpaired) electrons. The van der Waals surface area contributed by atoms with Gasteiger partial charge in [-0.1, -0.05) is 23.7 Å². The number of carbonyl (C=O) groups excluding carboxylic acids is 1. The van der Waals surface area contributed by atoms with E-state index in [-0.39, 0.29) is 23.6 Å². The quantitative estimate of drug-likeness (QED) is 0.165. The minimum Gasteiger partial charge on any atom is -0.496 e. The maximum atomic E-state index is 13.5.